The van der Waals surface area contributed by atoms with Crippen LogP contribution in [0.3, 0.4) is 0 Å². The Bertz CT molecular complexity index is 106. The quantitative estimate of drug-likeness (QED) is 0.545. The first-order chi connectivity index (χ1) is 4.84. The maximum Gasteiger partial charge on any atom is 0.0545 e. The fourth-order valence-corrected chi connectivity index (χ4v) is 2.70. The van der Waals surface area contributed by atoms with Gasteiger partial charge in [-0.05, 0) is 31.1 Å². The van der Waals surface area contributed by atoms with Crippen molar-refractivity contribution in [2.45, 2.75) is 44.6 Å². The Labute approximate surface area is 62.4 Å². The largest absolute Gasteiger partial charge is 0.393 e. The van der Waals surface area contributed by atoms with Gasteiger partial charge in [-0.2, -0.15) is 0 Å². The van der Waals surface area contributed by atoms with Crippen molar-refractivity contribution < 1.29 is 5.11 Å². The average molecular weight is 140 g/mol. The Kier molecular flexibility index (Phi) is 1.69. The standard InChI is InChI=1S/C9H16O/c10-9-5-7-2-1-3-8(4-7)6-9/h7-10H,1-6H2/t7-,8+,9?. The van der Waals surface area contributed by atoms with Crippen molar-refractivity contribution in [2.24, 2.45) is 11.8 Å². The first-order valence-electron chi connectivity index (χ1n) is 4.52. The Hall–Kier alpha value is -0.0400. The van der Waals surface area contributed by atoms with Crippen molar-refractivity contribution in [3.8, 4) is 0 Å². The maximum atomic E-state index is 9.42. The van der Waals surface area contributed by atoms with Crippen molar-refractivity contribution in [3.63, 3.8) is 0 Å². The second kappa shape index (κ2) is 2.54. The highest BCUT2D eigenvalue weighted by molar-refractivity contribution is 4.82. The van der Waals surface area contributed by atoms with Gasteiger partial charge >= 0.3 is 0 Å². The molecule has 0 heterocycles. The number of hydrogen-bond acceptors (Lipinski definition) is 1. The summed E-state index contributed by atoms with van der Waals surface area (Å²) < 4.78 is 0. The smallest absolute Gasteiger partial charge is 0.0545 e. The SMILES string of the molecule is OC1C[C@H]2CCC[C@@H](C1)C2. The fourth-order valence-electron chi connectivity index (χ4n) is 2.70. The van der Waals surface area contributed by atoms with Crippen molar-refractivity contribution in [1.29, 1.82) is 0 Å². The van der Waals surface area contributed by atoms with E-state index in [1.165, 1.54) is 25.7 Å². The molecule has 0 aromatic heterocycles. The molecule has 1 N–H and O–H groups in total. The lowest BCUT2D eigenvalue weighted by Gasteiger charge is -2.36. The van der Waals surface area contributed by atoms with Crippen LogP contribution in [0.4, 0.5) is 0 Å². The Morgan fingerprint density at radius 1 is 0.900 bits per heavy atom. The van der Waals surface area contributed by atoms with E-state index in [0.29, 0.717) is 0 Å². The second-order valence-corrected chi connectivity index (χ2v) is 4.02. The topological polar surface area (TPSA) is 20.2 Å². The highest BCUT2D eigenvalue weighted by atomic mass is 16.3. The molecule has 2 fully saturated rings. The summed E-state index contributed by atoms with van der Waals surface area (Å²) in [4.78, 5) is 0. The minimum absolute atomic E-state index is 0.0454. The van der Waals surface area contributed by atoms with E-state index < -0.39 is 0 Å². The van der Waals surface area contributed by atoms with E-state index in [0.717, 1.165) is 24.7 Å². The van der Waals surface area contributed by atoms with Gasteiger partial charge in [0.1, 0.15) is 0 Å². The van der Waals surface area contributed by atoms with Gasteiger partial charge < -0.3 is 5.11 Å². The van der Waals surface area contributed by atoms with Crippen LogP contribution in [0.1, 0.15) is 38.5 Å². The molecular formula is C9H16O. The first kappa shape index (κ1) is 6.66. The summed E-state index contributed by atoms with van der Waals surface area (Å²) in [6.07, 6.45) is 7.83. The molecular weight excluding hydrogens is 124 g/mol. The second-order valence-electron chi connectivity index (χ2n) is 4.02. The number of fused-ring (bicyclic) bond motifs is 2. The summed E-state index contributed by atoms with van der Waals surface area (Å²) in [6, 6.07) is 0. The molecule has 2 rings (SSSR count). The summed E-state index contributed by atoms with van der Waals surface area (Å²) in [5.74, 6) is 1.75. The van der Waals surface area contributed by atoms with Gasteiger partial charge in [0.25, 0.3) is 0 Å². The van der Waals surface area contributed by atoms with Gasteiger partial charge in [-0.15, -0.1) is 0 Å². The van der Waals surface area contributed by atoms with Crippen molar-refractivity contribution in [2.75, 3.05) is 0 Å². The van der Waals surface area contributed by atoms with Gasteiger partial charge in [-0.25, -0.2) is 0 Å². The molecule has 58 valence electrons. The molecule has 10 heavy (non-hydrogen) atoms. The monoisotopic (exact) mass is 140 g/mol. The van der Waals surface area contributed by atoms with E-state index in [9.17, 15) is 5.11 Å². The van der Waals surface area contributed by atoms with Crippen LogP contribution in [0.5, 0.6) is 0 Å². The summed E-state index contributed by atoms with van der Waals surface area (Å²) >= 11 is 0. The molecule has 0 aliphatic heterocycles. The molecule has 0 aromatic carbocycles. The lowest BCUT2D eigenvalue weighted by atomic mass is 9.71. The first-order valence-corrected chi connectivity index (χ1v) is 4.52. The third-order valence-electron chi connectivity index (χ3n) is 3.10. The number of hydrogen-bond donors (Lipinski definition) is 1. The molecule has 3 atom stereocenters. The highest BCUT2D eigenvalue weighted by Crippen LogP contribution is 2.39. The Balaban J connectivity index is 1.98. The molecule has 0 spiro atoms. The molecule has 2 aliphatic rings. The van der Waals surface area contributed by atoms with Crippen LogP contribution in [0.2, 0.25) is 0 Å². The van der Waals surface area contributed by atoms with Crippen LogP contribution < -0.4 is 0 Å². The predicted molar refractivity (Wildman–Crippen MR) is 40.7 cm³/mol. The van der Waals surface area contributed by atoms with Crippen molar-refractivity contribution in [1.82, 2.24) is 0 Å². The highest BCUT2D eigenvalue weighted by Gasteiger charge is 2.30. The van der Waals surface area contributed by atoms with Crippen LogP contribution >= 0.6 is 0 Å². The number of aliphatic hydroxyl groups is 1. The zero-order chi connectivity index (χ0) is 6.97. The van der Waals surface area contributed by atoms with Gasteiger partial charge in [0.05, 0.1) is 6.10 Å². The third kappa shape index (κ3) is 1.20. The molecule has 0 amide bonds. The van der Waals surface area contributed by atoms with E-state index in [1.807, 2.05) is 0 Å². The lowest BCUT2D eigenvalue weighted by molar-refractivity contribution is 0.0457. The summed E-state index contributed by atoms with van der Waals surface area (Å²) in [5.41, 5.74) is 0. The van der Waals surface area contributed by atoms with E-state index >= 15 is 0 Å². The Morgan fingerprint density at radius 3 is 2.10 bits per heavy atom. The third-order valence-corrected chi connectivity index (χ3v) is 3.10. The molecule has 1 nitrogen and oxygen atoms in total. The molecule has 1 heteroatoms. The zero-order valence-corrected chi connectivity index (χ0v) is 6.42. The summed E-state index contributed by atoms with van der Waals surface area (Å²) in [5, 5.41) is 9.42. The predicted octanol–water partition coefficient (Wildman–Crippen LogP) is 1.95. The average Bonchev–Trinajstić information content (AvgIpc) is 1.85. The molecule has 1 unspecified atom stereocenters. The van der Waals surface area contributed by atoms with Crippen molar-refractivity contribution >= 4 is 0 Å². The molecule has 2 aliphatic carbocycles. The lowest BCUT2D eigenvalue weighted by Crippen LogP contribution is -2.29. The number of rotatable bonds is 0. The van der Waals surface area contributed by atoms with E-state index in [1.54, 1.807) is 0 Å². The summed E-state index contributed by atoms with van der Waals surface area (Å²) in [7, 11) is 0. The fraction of sp³-hybridized carbons (Fsp3) is 1.00. The van der Waals surface area contributed by atoms with Crippen LogP contribution in [-0.4, -0.2) is 11.2 Å². The van der Waals surface area contributed by atoms with E-state index in [2.05, 4.69) is 0 Å². The Morgan fingerprint density at radius 2 is 1.50 bits per heavy atom. The molecule has 2 bridgehead atoms. The van der Waals surface area contributed by atoms with Gasteiger partial charge in [-0.1, -0.05) is 19.3 Å². The van der Waals surface area contributed by atoms with Gasteiger partial charge in [0.15, 0.2) is 0 Å². The van der Waals surface area contributed by atoms with Crippen LogP contribution in [0, 0.1) is 11.8 Å². The van der Waals surface area contributed by atoms with Gasteiger partial charge in [-0.3, -0.25) is 0 Å². The van der Waals surface area contributed by atoms with Gasteiger partial charge in [0, 0.05) is 0 Å². The van der Waals surface area contributed by atoms with Crippen molar-refractivity contribution in [3.05, 3.63) is 0 Å². The molecule has 0 radical (unpaired) electrons. The minimum atomic E-state index is 0.0454. The maximum absolute atomic E-state index is 9.42. The zero-order valence-electron chi connectivity index (χ0n) is 6.42. The molecule has 0 aromatic rings. The van der Waals surface area contributed by atoms with Crippen LogP contribution in [0.25, 0.3) is 0 Å². The minimum Gasteiger partial charge on any atom is -0.393 e. The van der Waals surface area contributed by atoms with Crippen LogP contribution in [0.15, 0.2) is 0 Å². The van der Waals surface area contributed by atoms with E-state index in [4.69, 9.17) is 0 Å². The van der Waals surface area contributed by atoms with Crippen LogP contribution in [-0.2, 0) is 0 Å². The van der Waals surface area contributed by atoms with Gasteiger partial charge in [0.2, 0.25) is 0 Å². The molecule has 0 saturated heterocycles. The molecule has 2 saturated carbocycles. The summed E-state index contributed by atoms with van der Waals surface area (Å²) in [6.45, 7) is 0. The number of aliphatic hydroxyl groups excluding tert-OH is 1. The normalized spacial score (nSPS) is 47.1. The van der Waals surface area contributed by atoms with E-state index in [-0.39, 0.29) is 6.10 Å².